The van der Waals surface area contributed by atoms with Gasteiger partial charge in [-0.25, -0.2) is 9.97 Å². The summed E-state index contributed by atoms with van der Waals surface area (Å²) >= 11 is 6.18. The molecule has 3 aromatic heterocycles. The zero-order chi connectivity index (χ0) is 19.6. The van der Waals surface area contributed by atoms with Gasteiger partial charge in [-0.1, -0.05) is 54.1 Å². The minimum absolute atomic E-state index is 0.607. The minimum Gasteiger partial charge on any atom is -0.275 e. The lowest BCUT2D eigenvalue weighted by Crippen LogP contribution is -1.99. The van der Waals surface area contributed by atoms with Gasteiger partial charge in [-0.2, -0.15) is 5.10 Å². The van der Waals surface area contributed by atoms with Gasteiger partial charge >= 0.3 is 0 Å². The average molecular weight is 398 g/mol. The number of halogens is 1. The summed E-state index contributed by atoms with van der Waals surface area (Å²) in [6.07, 6.45) is 4.23. The molecule has 0 unspecified atom stereocenters. The number of fused-ring (bicyclic) bond motifs is 1. The van der Waals surface area contributed by atoms with Crippen molar-refractivity contribution in [1.29, 1.82) is 0 Å². The van der Waals surface area contributed by atoms with Crippen LogP contribution in [0.3, 0.4) is 0 Å². The van der Waals surface area contributed by atoms with Crippen LogP contribution in [-0.4, -0.2) is 25.1 Å². The molecule has 5 rings (SSSR count). The van der Waals surface area contributed by atoms with Crippen molar-refractivity contribution in [2.45, 2.75) is 6.42 Å². The predicted octanol–water partition coefficient (Wildman–Crippen LogP) is 5.33. The Morgan fingerprint density at radius 3 is 2.41 bits per heavy atom. The van der Waals surface area contributed by atoms with Gasteiger partial charge in [0.25, 0.3) is 0 Å². The molecule has 6 heteroatoms. The summed E-state index contributed by atoms with van der Waals surface area (Å²) in [6, 6.07) is 21.6. The molecule has 0 bridgehead atoms. The molecule has 140 valence electrons. The Bertz CT molecular complexity index is 1280. The highest BCUT2D eigenvalue weighted by atomic mass is 35.5. The van der Waals surface area contributed by atoms with E-state index in [1.165, 1.54) is 0 Å². The number of hydrogen-bond donors (Lipinski definition) is 1. The molecule has 5 aromatic rings. The number of aromatic amines is 1. The topological polar surface area (TPSA) is 67.3 Å². The Labute approximate surface area is 172 Å². The standard InChI is InChI=1S/C23H16ClN5/c24-18-8-4-7-17(14-18)22-26-19(13-15-9-11-25-12-10-15)20-21(28-29-23(20)27-22)16-5-2-1-3-6-16/h1-12,14H,13H2,(H,26,27,28,29). The third-order valence-corrected chi connectivity index (χ3v) is 4.99. The second-order valence-corrected chi connectivity index (χ2v) is 7.14. The Balaban J connectivity index is 1.73. The molecule has 0 atom stereocenters. The van der Waals surface area contributed by atoms with Crippen LogP contribution in [0.15, 0.2) is 79.1 Å². The van der Waals surface area contributed by atoms with Crippen LogP contribution in [0.4, 0.5) is 0 Å². The highest BCUT2D eigenvalue weighted by molar-refractivity contribution is 6.30. The fraction of sp³-hybridized carbons (Fsp3) is 0.0435. The van der Waals surface area contributed by atoms with Crippen LogP contribution in [0.1, 0.15) is 11.3 Å². The van der Waals surface area contributed by atoms with Gasteiger partial charge in [-0.05, 0) is 29.8 Å². The van der Waals surface area contributed by atoms with Crippen LogP contribution in [0.25, 0.3) is 33.7 Å². The normalized spacial score (nSPS) is 11.1. The monoisotopic (exact) mass is 397 g/mol. The molecule has 0 spiro atoms. The lowest BCUT2D eigenvalue weighted by atomic mass is 10.0. The first-order chi connectivity index (χ1) is 14.3. The van der Waals surface area contributed by atoms with Crippen LogP contribution < -0.4 is 0 Å². The molecule has 0 fully saturated rings. The number of hydrogen-bond acceptors (Lipinski definition) is 4. The van der Waals surface area contributed by atoms with E-state index in [4.69, 9.17) is 21.6 Å². The maximum Gasteiger partial charge on any atom is 0.185 e. The van der Waals surface area contributed by atoms with Crippen molar-refractivity contribution in [1.82, 2.24) is 25.1 Å². The highest BCUT2D eigenvalue weighted by Gasteiger charge is 2.17. The van der Waals surface area contributed by atoms with E-state index < -0.39 is 0 Å². The molecule has 1 N–H and O–H groups in total. The van der Waals surface area contributed by atoms with Crippen LogP contribution in [0.2, 0.25) is 5.02 Å². The Morgan fingerprint density at radius 2 is 1.62 bits per heavy atom. The quantitative estimate of drug-likeness (QED) is 0.445. The molecule has 0 aliphatic heterocycles. The summed E-state index contributed by atoms with van der Waals surface area (Å²) in [5.41, 5.74) is 5.49. The Kier molecular flexibility index (Phi) is 4.50. The fourth-order valence-corrected chi connectivity index (χ4v) is 3.58. The van der Waals surface area contributed by atoms with E-state index in [0.717, 1.165) is 33.5 Å². The number of H-pyrrole nitrogens is 1. The van der Waals surface area contributed by atoms with Crippen molar-refractivity contribution in [3.63, 3.8) is 0 Å². The first-order valence-electron chi connectivity index (χ1n) is 9.23. The van der Waals surface area contributed by atoms with Crippen molar-refractivity contribution in [3.8, 4) is 22.6 Å². The fourth-order valence-electron chi connectivity index (χ4n) is 3.39. The smallest absolute Gasteiger partial charge is 0.185 e. The summed E-state index contributed by atoms with van der Waals surface area (Å²) in [5.74, 6) is 0.607. The van der Waals surface area contributed by atoms with Gasteiger partial charge in [-0.15, -0.1) is 0 Å². The third kappa shape index (κ3) is 3.48. The van der Waals surface area contributed by atoms with E-state index in [-0.39, 0.29) is 0 Å². The minimum atomic E-state index is 0.607. The Morgan fingerprint density at radius 1 is 0.828 bits per heavy atom. The number of rotatable bonds is 4. The van der Waals surface area contributed by atoms with Crippen LogP contribution in [-0.2, 0) is 6.42 Å². The number of nitrogens with one attached hydrogen (secondary N) is 1. The molecule has 0 amide bonds. The number of nitrogens with zero attached hydrogens (tertiary/aromatic N) is 4. The van der Waals surface area contributed by atoms with Crippen molar-refractivity contribution in [2.24, 2.45) is 0 Å². The van der Waals surface area contributed by atoms with Gasteiger partial charge in [-0.3, -0.25) is 10.1 Å². The number of pyridine rings is 1. The van der Waals surface area contributed by atoms with Crippen molar-refractivity contribution in [3.05, 3.63) is 95.4 Å². The van der Waals surface area contributed by atoms with Crippen LogP contribution >= 0.6 is 11.6 Å². The van der Waals surface area contributed by atoms with Crippen molar-refractivity contribution >= 4 is 22.6 Å². The summed E-state index contributed by atoms with van der Waals surface area (Å²) < 4.78 is 0. The lowest BCUT2D eigenvalue weighted by Gasteiger charge is -2.08. The van der Waals surface area contributed by atoms with Gasteiger partial charge in [0.05, 0.1) is 16.8 Å². The van der Waals surface area contributed by atoms with E-state index in [1.807, 2.05) is 66.7 Å². The van der Waals surface area contributed by atoms with Gasteiger partial charge in [0.1, 0.15) is 0 Å². The SMILES string of the molecule is Clc1cccc(-c2nc(Cc3ccncc3)c3c(-c4ccccc4)[nH]nc3n2)c1. The largest absolute Gasteiger partial charge is 0.275 e. The molecule has 0 radical (unpaired) electrons. The third-order valence-electron chi connectivity index (χ3n) is 4.75. The van der Waals surface area contributed by atoms with E-state index in [0.29, 0.717) is 22.9 Å². The van der Waals surface area contributed by atoms with Crippen molar-refractivity contribution < 1.29 is 0 Å². The van der Waals surface area contributed by atoms with Crippen molar-refractivity contribution in [2.75, 3.05) is 0 Å². The van der Waals surface area contributed by atoms with Gasteiger partial charge in [0.15, 0.2) is 11.5 Å². The van der Waals surface area contributed by atoms with E-state index in [1.54, 1.807) is 12.4 Å². The maximum absolute atomic E-state index is 6.18. The Hall–Kier alpha value is -3.57. The maximum atomic E-state index is 6.18. The molecule has 0 saturated heterocycles. The van der Waals surface area contributed by atoms with Gasteiger partial charge in [0.2, 0.25) is 0 Å². The molecule has 29 heavy (non-hydrogen) atoms. The zero-order valence-corrected chi connectivity index (χ0v) is 16.1. The molecule has 5 nitrogen and oxygen atoms in total. The summed E-state index contributed by atoms with van der Waals surface area (Å²) in [5, 5.41) is 9.22. The molecule has 3 heterocycles. The molecule has 0 aliphatic carbocycles. The molecule has 2 aromatic carbocycles. The van der Waals surface area contributed by atoms with Crippen LogP contribution in [0, 0.1) is 0 Å². The molecular formula is C23H16ClN5. The predicted molar refractivity (Wildman–Crippen MR) is 115 cm³/mol. The second kappa shape index (κ2) is 7.45. The van der Waals surface area contributed by atoms with E-state index in [2.05, 4.69) is 15.2 Å². The molecular weight excluding hydrogens is 382 g/mol. The zero-order valence-electron chi connectivity index (χ0n) is 15.4. The molecule has 0 aliphatic rings. The summed E-state index contributed by atoms with van der Waals surface area (Å²) in [6.45, 7) is 0. The van der Waals surface area contributed by atoms with E-state index in [9.17, 15) is 0 Å². The first kappa shape index (κ1) is 17.5. The summed E-state index contributed by atoms with van der Waals surface area (Å²) in [4.78, 5) is 13.7. The van der Waals surface area contributed by atoms with Crippen LogP contribution in [0.5, 0.6) is 0 Å². The second-order valence-electron chi connectivity index (χ2n) is 6.70. The summed E-state index contributed by atoms with van der Waals surface area (Å²) in [7, 11) is 0. The molecule has 0 saturated carbocycles. The average Bonchev–Trinajstić information content (AvgIpc) is 3.19. The number of benzene rings is 2. The van der Waals surface area contributed by atoms with Gasteiger partial charge < -0.3 is 0 Å². The van der Waals surface area contributed by atoms with E-state index >= 15 is 0 Å². The highest BCUT2D eigenvalue weighted by Crippen LogP contribution is 2.31. The number of aromatic nitrogens is 5. The van der Waals surface area contributed by atoms with Gasteiger partial charge in [0, 0.05) is 35.0 Å². The first-order valence-corrected chi connectivity index (χ1v) is 9.61. The lowest BCUT2D eigenvalue weighted by molar-refractivity contribution is 1.05.